The Morgan fingerprint density at radius 2 is 1.92 bits per heavy atom. The first-order valence-corrected chi connectivity index (χ1v) is 8.66. The molecular weight excluding hydrogens is 334 g/mol. The minimum absolute atomic E-state index is 0.000993. The molecule has 0 saturated carbocycles. The van der Waals surface area contributed by atoms with E-state index in [1.165, 1.54) is 5.56 Å². The summed E-state index contributed by atoms with van der Waals surface area (Å²) in [5.74, 6) is 2.90. The molecule has 5 rings (SSSR count). The number of benzene rings is 2. The minimum Gasteiger partial charge on any atom is -0.493 e. The summed E-state index contributed by atoms with van der Waals surface area (Å²) in [7, 11) is 3.30. The number of nitrogens with zero attached hydrogens (tertiary/aromatic N) is 1. The predicted molar refractivity (Wildman–Crippen MR) is 94.0 cm³/mol. The third-order valence-electron chi connectivity index (χ3n) is 5.58. The van der Waals surface area contributed by atoms with E-state index >= 15 is 0 Å². The van der Waals surface area contributed by atoms with Gasteiger partial charge in [-0.3, -0.25) is 4.79 Å². The second-order valence-electron chi connectivity index (χ2n) is 6.74. The lowest BCUT2D eigenvalue weighted by molar-refractivity contribution is -0.120. The first-order chi connectivity index (χ1) is 12.7. The lowest BCUT2D eigenvalue weighted by Crippen LogP contribution is -2.37. The first kappa shape index (κ1) is 15.4. The molecule has 134 valence electrons. The molecule has 2 aliphatic heterocycles. The second kappa shape index (κ2) is 5.56. The first-order valence-electron chi connectivity index (χ1n) is 8.66. The summed E-state index contributed by atoms with van der Waals surface area (Å²) >= 11 is 0. The van der Waals surface area contributed by atoms with Crippen molar-refractivity contribution in [1.29, 1.82) is 0 Å². The van der Waals surface area contributed by atoms with E-state index in [1.807, 2.05) is 23.1 Å². The number of methoxy groups -OCH3 is 2. The van der Waals surface area contributed by atoms with Crippen molar-refractivity contribution in [3.05, 3.63) is 34.9 Å². The van der Waals surface area contributed by atoms with Gasteiger partial charge in [-0.2, -0.15) is 0 Å². The fourth-order valence-electron chi connectivity index (χ4n) is 4.43. The largest absolute Gasteiger partial charge is 0.493 e. The van der Waals surface area contributed by atoms with Gasteiger partial charge in [-0.15, -0.1) is 0 Å². The number of carbonyl (C=O) groups excluding carboxylic acids is 1. The Kier molecular flexibility index (Phi) is 3.29. The quantitative estimate of drug-likeness (QED) is 0.794. The standard InChI is InChI=1S/C20H19NO5/c1-23-17-6-11-3-4-21(9-22)14-5-12-7-15-16(26-10-25-15)8-13(12)19(18(11)14)20(17)24-2/h6-9,14H,3-5,10H2,1-2H3. The zero-order valence-corrected chi connectivity index (χ0v) is 14.7. The van der Waals surface area contributed by atoms with Crippen LogP contribution in [0, 0.1) is 0 Å². The van der Waals surface area contributed by atoms with Gasteiger partial charge in [0.1, 0.15) is 0 Å². The van der Waals surface area contributed by atoms with Crippen LogP contribution in [0.4, 0.5) is 0 Å². The van der Waals surface area contributed by atoms with Crippen LogP contribution >= 0.6 is 0 Å². The second-order valence-corrected chi connectivity index (χ2v) is 6.74. The predicted octanol–water partition coefficient (Wildman–Crippen LogP) is 2.71. The third kappa shape index (κ3) is 1.95. The third-order valence-corrected chi connectivity index (χ3v) is 5.58. The maximum atomic E-state index is 11.7. The number of hydrogen-bond acceptors (Lipinski definition) is 5. The number of rotatable bonds is 3. The van der Waals surface area contributed by atoms with Gasteiger partial charge in [0.2, 0.25) is 13.2 Å². The molecular formula is C20H19NO5. The van der Waals surface area contributed by atoms with Gasteiger partial charge in [-0.05, 0) is 53.3 Å². The highest BCUT2D eigenvalue weighted by Gasteiger charge is 2.38. The molecule has 0 fully saturated rings. The SMILES string of the molecule is COc1cc2c3c(c1OC)-c1cc4c(cc1CC3N(C=O)CC2)OCO4. The molecule has 0 radical (unpaired) electrons. The van der Waals surface area contributed by atoms with Crippen LogP contribution in [0.3, 0.4) is 0 Å². The Morgan fingerprint density at radius 3 is 2.65 bits per heavy atom. The van der Waals surface area contributed by atoms with Gasteiger partial charge in [0, 0.05) is 12.1 Å². The molecule has 1 atom stereocenters. The van der Waals surface area contributed by atoms with Crippen LogP contribution in [0.5, 0.6) is 23.0 Å². The van der Waals surface area contributed by atoms with Gasteiger partial charge in [0.25, 0.3) is 0 Å². The molecule has 6 nitrogen and oxygen atoms in total. The lowest BCUT2D eigenvalue weighted by atomic mass is 9.76. The van der Waals surface area contributed by atoms with Gasteiger partial charge in [0.15, 0.2) is 23.0 Å². The van der Waals surface area contributed by atoms with Gasteiger partial charge in [-0.1, -0.05) is 0 Å². The topological polar surface area (TPSA) is 57.2 Å². The minimum atomic E-state index is -0.000993. The van der Waals surface area contributed by atoms with E-state index < -0.39 is 0 Å². The van der Waals surface area contributed by atoms with Crippen molar-refractivity contribution in [2.24, 2.45) is 0 Å². The highest BCUT2D eigenvalue weighted by atomic mass is 16.7. The average molecular weight is 353 g/mol. The van der Waals surface area contributed by atoms with Gasteiger partial charge < -0.3 is 23.8 Å². The summed E-state index contributed by atoms with van der Waals surface area (Å²) in [6, 6.07) is 6.09. The van der Waals surface area contributed by atoms with E-state index in [0.717, 1.165) is 53.0 Å². The van der Waals surface area contributed by atoms with E-state index in [2.05, 4.69) is 0 Å². The molecule has 2 aromatic carbocycles. The number of ether oxygens (including phenoxy) is 4. The lowest BCUT2D eigenvalue weighted by Gasteiger charge is -2.40. The summed E-state index contributed by atoms with van der Waals surface area (Å²) in [5, 5.41) is 0. The van der Waals surface area contributed by atoms with E-state index in [1.54, 1.807) is 14.2 Å². The van der Waals surface area contributed by atoms with Crippen LogP contribution in [-0.4, -0.2) is 38.9 Å². The molecule has 0 saturated heterocycles. The highest BCUT2D eigenvalue weighted by Crippen LogP contribution is 2.54. The Bertz CT molecular complexity index is 923. The highest BCUT2D eigenvalue weighted by molar-refractivity contribution is 5.85. The number of fused-ring (bicyclic) bond motifs is 3. The number of amides is 1. The maximum absolute atomic E-state index is 11.7. The molecule has 2 heterocycles. The van der Waals surface area contributed by atoms with Gasteiger partial charge >= 0.3 is 0 Å². The average Bonchev–Trinajstić information content (AvgIpc) is 3.13. The van der Waals surface area contributed by atoms with E-state index in [-0.39, 0.29) is 12.8 Å². The van der Waals surface area contributed by atoms with E-state index in [9.17, 15) is 4.79 Å². The van der Waals surface area contributed by atoms with Gasteiger partial charge in [-0.25, -0.2) is 0 Å². The summed E-state index contributed by atoms with van der Waals surface area (Å²) < 4.78 is 22.5. The normalized spacial score (nSPS) is 18.8. The van der Waals surface area contributed by atoms with Crippen molar-refractivity contribution in [3.8, 4) is 34.1 Å². The number of hydrogen-bond donors (Lipinski definition) is 0. The van der Waals surface area contributed by atoms with E-state index in [4.69, 9.17) is 18.9 Å². The fraction of sp³-hybridized carbons (Fsp3) is 0.350. The summed E-state index contributed by atoms with van der Waals surface area (Å²) in [6.45, 7) is 0.936. The molecule has 1 unspecified atom stereocenters. The van der Waals surface area contributed by atoms with Crippen molar-refractivity contribution in [3.63, 3.8) is 0 Å². The monoisotopic (exact) mass is 353 g/mol. The zero-order valence-electron chi connectivity index (χ0n) is 14.7. The Balaban J connectivity index is 1.84. The zero-order chi connectivity index (χ0) is 17.8. The van der Waals surface area contributed by atoms with Crippen molar-refractivity contribution in [2.45, 2.75) is 18.9 Å². The molecule has 0 N–H and O–H groups in total. The van der Waals surface area contributed by atoms with E-state index in [0.29, 0.717) is 18.0 Å². The molecule has 2 aromatic rings. The van der Waals surface area contributed by atoms with Crippen LogP contribution < -0.4 is 18.9 Å². The molecule has 3 aliphatic rings. The van der Waals surface area contributed by atoms with Crippen molar-refractivity contribution < 1.29 is 23.7 Å². The summed E-state index contributed by atoms with van der Waals surface area (Å²) in [6.07, 6.45) is 2.50. The maximum Gasteiger partial charge on any atom is 0.231 e. The molecule has 6 heteroatoms. The molecule has 0 bridgehead atoms. The van der Waals surface area contributed by atoms with Gasteiger partial charge in [0.05, 0.1) is 20.3 Å². The molecule has 0 aromatic heterocycles. The smallest absolute Gasteiger partial charge is 0.231 e. The van der Waals surface area contributed by atoms with Crippen LogP contribution in [-0.2, 0) is 17.6 Å². The molecule has 1 aliphatic carbocycles. The molecule has 0 spiro atoms. The Hall–Kier alpha value is -2.89. The van der Waals surface area contributed by atoms with Crippen LogP contribution in [0.25, 0.3) is 11.1 Å². The van der Waals surface area contributed by atoms with Crippen LogP contribution in [0.15, 0.2) is 18.2 Å². The van der Waals surface area contributed by atoms with Crippen molar-refractivity contribution in [2.75, 3.05) is 27.6 Å². The van der Waals surface area contributed by atoms with Crippen LogP contribution in [0.2, 0.25) is 0 Å². The molecule has 26 heavy (non-hydrogen) atoms. The number of carbonyl (C=O) groups is 1. The van der Waals surface area contributed by atoms with Crippen molar-refractivity contribution in [1.82, 2.24) is 4.90 Å². The summed E-state index contributed by atoms with van der Waals surface area (Å²) in [5.41, 5.74) is 5.55. The Labute approximate surface area is 151 Å². The van der Waals surface area contributed by atoms with Crippen LogP contribution in [0.1, 0.15) is 22.7 Å². The molecule has 1 amide bonds. The fourth-order valence-corrected chi connectivity index (χ4v) is 4.43. The van der Waals surface area contributed by atoms with Crippen molar-refractivity contribution >= 4 is 6.41 Å². The summed E-state index contributed by atoms with van der Waals surface area (Å²) in [4.78, 5) is 13.6. The Morgan fingerprint density at radius 1 is 1.12 bits per heavy atom.